The number of carbonyl (C=O) groups excluding carboxylic acids is 1. The van der Waals surface area contributed by atoms with Crippen LogP contribution < -0.4 is 0 Å². The minimum absolute atomic E-state index is 0.00870. The van der Waals surface area contributed by atoms with Crippen molar-refractivity contribution in [1.29, 1.82) is 0 Å². The van der Waals surface area contributed by atoms with E-state index in [0.717, 1.165) is 32.5 Å². The van der Waals surface area contributed by atoms with Crippen LogP contribution in [0.25, 0.3) is 0 Å². The lowest BCUT2D eigenvalue weighted by molar-refractivity contribution is -0.132. The van der Waals surface area contributed by atoms with Crippen LogP contribution in [0, 0.1) is 0 Å². The fourth-order valence-electron chi connectivity index (χ4n) is 2.56. The van der Waals surface area contributed by atoms with Crippen LogP contribution in [0.5, 0.6) is 0 Å². The highest BCUT2D eigenvalue weighted by atomic mass is 16.2. The Hall–Kier alpha value is -1.35. The summed E-state index contributed by atoms with van der Waals surface area (Å²) in [6.07, 6.45) is 2.31. The minimum atomic E-state index is -0.00870. The van der Waals surface area contributed by atoms with Gasteiger partial charge in [0.2, 0.25) is 5.91 Å². The predicted octanol–water partition coefficient (Wildman–Crippen LogP) is 2.91. The molecule has 1 aromatic carbocycles. The topological polar surface area (TPSA) is 23.6 Å². The van der Waals surface area contributed by atoms with E-state index in [1.165, 1.54) is 5.56 Å². The summed E-state index contributed by atoms with van der Waals surface area (Å²) in [5.41, 5.74) is 1.25. The summed E-state index contributed by atoms with van der Waals surface area (Å²) >= 11 is 0. The molecule has 20 heavy (non-hydrogen) atoms. The van der Waals surface area contributed by atoms with Crippen LogP contribution in [-0.4, -0.2) is 40.9 Å². The standard InChI is InChI=1S/C17H26N2O/c1-17(2,3)19(13-15-9-5-4-6-10-15)14-16(20)18-11-7-8-12-18/h4-6,9-10H,7-8,11-14H2,1-3H3. The fourth-order valence-corrected chi connectivity index (χ4v) is 2.56. The Labute approximate surface area is 122 Å². The molecule has 1 aliphatic heterocycles. The second-order valence-electron chi connectivity index (χ2n) is 6.60. The third-order valence-electron chi connectivity index (χ3n) is 3.95. The highest BCUT2D eigenvalue weighted by molar-refractivity contribution is 5.78. The van der Waals surface area contributed by atoms with Gasteiger partial charge in [-0.05, 0) is 39.2 Å². The van der Waals surface area contributed by atoms with E-state index in [-0.39, 0.29) is 11.4 Å². The fraction of sp³-hybridized carbons (Fsp3) is 0.588. The highest BCUT2D eigenvalue weighted by Crippen LogP contribution is 2.18. The smallest absolute Gasteiger partial charge is 0.236 e. The molecule has 0 aromatic heterocycles. The van der Waals surface area contributed by atoms with Gasteiger partial charge in [-0.1, -0.05) is 30.3 Å². The molecule has 3 heteroatoms. The van der Waals surface area contributed by atoms with Crippen molar-refractivity contribution in [2.24, 2.45) is 0 Å². The molecule has 0 bridgehead atoms. The first kappa shape index (κ1) is 15.0. The molecule has 2 rings (SSSR count). The summed E-state index contributed by atoms with van der Waals surface area (Å²) in [6.45, 7) is 9.72. The summed E-state index contributed by atoms with van der Waals surface area (Å²) in [7, 11) is 0. The van der Waals surface area contributed by atoms with Crippen molar-refractivity contribution in [3.05, 3.63) is 35.9 Å². The van der Waals surface area contributed by atoms with Crippen molar-refractivity contribution in [3.63, 3.8) is 0 Å². The average Bonchev–Trinajstić information content (AvgIpc) is 2.92. The molecule has 0 atom stereocenters. The van der Waals surface area contributed by atoms with Gasteiger partial charge >= 0.3 is 0 Å². The maximum atomic E-state index is 12.4. The second kappa shape index (κ2) is 6.40. The Morgan fingerprint density at radius 1 is 1.15 bits per heavy atom. The first-order valence-electron chi connectivity index (χ1n) is 7.53. The van der Waals surface area contributed by atoms with Crippen molar-refractivity contribution >= 4 is 5.91 Å². The van der Waals surface area contributed by atoms with Crippen LogP contribution in [-0.2, 0) is 11.3 Å². The van der Waals surface area contributed by atoms with Crippen molar-refractivity contribution in [2.45, 2.75) is 45.7 Å². The average molecular weight is 274 g/mol. The summed E-state index contributed by atoms with van der Waals surface area (Å²) in [5, 5.41) is 0. The van der Waals surface area contributed by atoms with E-state index < -0.39 is 0 Å². The predicted molar refractivity (Wildman–Crippen MR) is 82.4 cm³/mol. The molecule has 0 N–H and O–H groups in total. The minimum Gasteiger partial charge on any atom is -0.342 e. The van der Waals surface area contributed by atoms with Crippen molar-refractivity contribution in [3.8, 4) is 0 Å². The quantitative estimate of drug-likeness (QED) is 0.843. The normalized spacial score (nSPS) is 15.9. The van der Waals surface area contributed by atoms with E-state index in [2.05, 4.69) is 49.9 Å². The zero-order chi connectivity index (χ0) is 14.6. The number of hydrogen-bond donors (Lipinski definition) is 0. The lowest BCUT2D eigenvalue weighted by Gasteiger charge is -2.36. The molecule has 0 unspecified atom stereocenters. The van der Waals surface area contributed by atoms with Crippen LogP contribution in [0.2, 0.25) is 0 Å². The van der Waals surface area contributed by atoms with E-state index in [0.29, 0.717) is 6.54 Å². The van der Waals surface area contributed by atoms with Crippen LogP contribution in [0.1, 0.15) is 39.2 Å². The van der Waals surface area contributed by atoms with Gasteiger partial charge < -0.3 is 4.90 Å². The third kappa shape index (κ3) is 4.07. The SMILES string of the molecule is CC(C)(C)N(CC(=O)N1CCCC1)Cc1ccccc1. The molecule has 1 fully saturated rings. The monoisotopic (exact) mass is 274 g/mol. The largest absolute Gasteiger partial charge is 0.342 e. The van der Waals surface area contributed by atoms with Gasteiger partial charge in [0.1, 0.15) is 0 Å². The van der Waals surface area contributed by atoms with Crippen molar-refractivity contribution < 1.29 is 4.79 Å². The van der Waals surface area contributed by atoms with Crippen LogP contribution in [0.3, 0.4) is 0 Å². The van der Waals surface area contributed by atoms with Gasteiger partial charge in [-0.25, -0.2) is 0 Å². The molecule has 0 saturated carbocycles. The molecule has 1 aromatic rings. The number of likely N-dealkylation sites (tertiary alicyclic amines) is 1. The van der Waals surface area contributed by atoms with Gasteiger partial charge in [0.15, 0.2) is 0 Å². The summed E-state index contributed by atoms with van der Waals surface area (Å²) in [6, 6.07) is 10.4. The number of carbonyl (C=O) groups is 1. The molecule has 0 radical (unpaired) electrons. The molecule has 1 aliphatic rings. The molecule has 0 spiro atoms. The second-order valence-corrected chi connectivity index (χ2v) is 6.60. The van der Waals surface area contributed by atoms with E-state index in [9.17, 15) is 4.79 Å². The number of nitrogens with zero attached hydrogens (tertiary/aromatic N) is 2. The number of benzene rings is 1. The molecule has 110 valence electrons. The van der Waals surface area contributed by atoms with Gasteiger partial charge in [-0.3, -0.25) is 9.69 Å². The van der Waals surface area contributed by atoms with Crippen LogP contribution >= 0.6 is 0 Å². The lowest BCUT2D eigenvalue weighted by atomic mass is 10.0. The van der Waals surface area contributed by atoms with Crippen LogP contribution in [0.15, 0.2) is 30.3 Å². The van der Waals surface area contributed by atoms with Crippen molar-refractivity contribution in [1.82, 2.24) is 9.80 Å². The van der Waals surface area contributed by atoms with E-state index >= 15 is 0 Å². The van der Waals surface area contributed by atoms with E-state index in [1.54, 1.807) is 0 Å². The molecule has 1 heterocycles. The van der Waals surface area contributed by atoms with Crippen LogP contribution in [0.4, 0.5) is 0 Å². The maximum absolute atomic E-state index is 12.4. The lowest BCUT2D eigenvalue weighted by Crippen LogP contribution is -2.47. The van der Waals surface area contributed by atoms with Gasteiger partial charge in [-0.15, -0.1) is 0 Å². The first-order valence-corrected chi connectivity index (χ1v) is 7.53. The Morgan fingerprint density at radius 2 is 1.75 bits per heavy atom. The summed E-state index contributed by atoms with van der Waals surface area (Å²) in [4.78, 5) is 16.6. The Kier molecular flexibility index (Phi) is 4.81. The molecular weight excluding hydrogens is 248 g/mol. The van der Waals surface area contributed by atoms with Crippen molar-refractivity contribution in [2.75, 3.05) is 19.6 Å². The zero-order valence-electron chi connectivity index (χ0n) is 12.9. The molecule has 1 saturated heterocycles. The zero-order valence-corrected chi connectivity index (χ0v) is 12.9. The highest BCUT2D eigenvalue weighted by Gasteiger charge is 2.27. The summed E-state index contributed by atoms with van der Waals surface area (Å²) in [5.74, 6) is 0.272. The van der Waals surface area contributed by atoms with Gasteiger partial charge in [0.25, 0.3) is 0 Å². The van der Waals surface area contributed by atoms with Gasteiger partial charge in [0.05, 0.1) is 6.54 Å². The number of hydrogen-bond acceptors (Lipinski definition) is 2. The van der Waals surface area contributed by atoms with Gasteiger partial charge in [-0.2, -0.15) is 0 Å². The third-order valence-corrected chi connectivity index (χ3v) is 3.95. The van der Waals surface area contributed by atoms with E-state index in [4.69, 9.17) is 0 Å². The summed E-state index contributed by atoms with van der Waals surface area (Å²) < 4.78 is 0. The van der Waals surface area contributed by atoms with E-state index in [1.807, 2.05) is 11.0 Å². The first-order chi connectivity index (χ1) is 9.47. The Balaban J connectivity index is 2.02. The Morgan fingerprint density at radius 3 is 2.30 bits per heavy atom. The Bertz CT molecular complexity index is 430. The molecule has 0 aliphatic carbocycles. The van der Waals surface area contributed by atoms with Gasteiger partial charge in [0, 0.05) is 25.2 Å². The number of amides is 1. The molecule has 1 amide bonds. The maximum Gasteiger partial charge on any atom is 0.236 e. The molecular formula is C17H26N2O. The molecule has 3 nitrogen and oxygen atoms in total. The number of rotatable bonds is 4.